The van der Waals surface area contributed by atoms with Crippen LogP contribution in [-0.4, -0.2) is 51.2 Å². The van der Waals surface area contributed by atoms with Crippen molar-refractivity contribution in [3.8, 4) is 0 Å². The maximum atomic E-state index is 12.6. The van der Waals surface area contributed by atoms with Crippen LogP contribution in [0.25, 0.3) is 0 Å². The summed E-state index contributed by atoms with van der Waals surface area (Å²) in [6, 6.07) is 0. The summed E-state index contributed by atoms with van der Waals surface area (Å²) < 4.78 is 17.2. The molecule has 7 atom stereocenters. The topological polar surface area (TPSA) is 106 Å². The van der Waals surface area contributed by atoms with Crippen molar-refractivity contribution in [2.24, 2.45) is 22.7 Å². The van der Waals surface area contributed by atoms with Gasteiger partial charge in [0.1, 0.15) is 23.1 Å². The number of hydrogen-bond donors (Lipinski definition) is 2. The minimum Gasteiger partial charge on any atom is -0.462 e. The number of allylic oxidation sites excluding steroid dienone is 9. The van der Waals surface area contributed by atoms with Crippen molar-refractivity contribution in [1.82, 2.24) is 0 Å². The first-order chi connectivity index (χ1) is 21.3. The van der Waals surface area contributed by atoms with E-state index in [-0.39, 0.29) is 40.9 Å². The van der Waals surface area contributed by atoms with Gasteiger partial charge in [-0.2, -0.15) is 0 Å². The number of epoxide rings is 1. The van der Waals surface area contributed by atoms with E-state index in [0.29, 0.717) is 31.4 Å². The van der Waals surface area contributed by atoms with Gasteiger partial charge < -0.3 is 24.4 Å². The number of rotatable bonds is 10. The number of cyclic esters (lactones) is 1. The molecule has 2 saturated carbocycles. The van der Waals surface area contributed by atoms with Gasteiger partial charge in [-0.05, 0) is 74.7 Å². The number of ether oxygens (including phenoxy) is 3. The molecule has 0 bridgehead atoms. The van der Waals surface area contributed by atoms with Crippen molar-refractivity contribution >= 4 is 11.9 Å². The normalized spacial score (nSPS) is 37.2. The van der Waals surface area contributed by atoms with Crippen molar-refractivity contribution in [2.45, 2.75) is 123 Å². The first-order valence-corrected chi connectivity index (χ1v) is 16.6. The van der Waals surface area contributed by atoms with E-state index in [9.17, 15) is 19.8 Å². The molecule has 0 radical (unpaired) electrons. The molecule has 3 fully saturated rings. The average Bonchev–Trinajstić information content (AvgIpc) is 3.36. The average molecular weight is 635 g/mol. The highest BCUT2D eigenvalue weighted by Gasteiger charge is 2.74. The monoisotopic (exact) mass is 634 g/mol. The second kappa shape index (κ2) is 13.2. The summed E-state index contributed by atoms with van der Waals surface area (Å²) in [6.45, 7) is 17.8. The molecule has 4 rings (SSSR count). The van der Waals surface area contributed by atoms with Crippen LogP contribution in [0.2, 0.25) is 0 Å². The molecule has 0 amide bonds. The lowest BCUT2D eigenvalue weighted by Crippen LogP contribution is -2.46. The molecule has 4 aliphatic rings. The molecular weight excluding hydrogens is 580 g/mol. The Morgan fingerprint density at radius 2 is 1.74 bits per heavy atom. The number of aliphatic hydroxyl groups is 2. The van der Waals surface area contributed by atoms with Crippen molar-refractivity contribution < 1.29 is 34.0 Å². The predicted octanol–water partition coefficient (Wildman–Crippen LogP) is 7.38. The van der Waals surface area contributed by atoms with E-state index in [1.165, 1.54) is 6.92 Å². The van der Waals surface area contributed by atoms with Gasteiger partial charge in [0.25, 0.3) is 0 Å². The molecule has 7 nitrogen and oxygen atoms in total. The molecular formula is C39H54O7. The third-order valence-corrected chi connectivity index (χ3v) is 10.1. The first-order valence-electron chi connectivity index (χ1n) is 16.6. The third-order valence-electron chi connectivity index (χ3n) is 10.1. The molecule has 252 valence electrons. The van der Waals surface area contributed by atoms with Gasteiger partial charge in [0.05, 0.1) is 17.6 Å². The minimum atomic E-state index is -1.02. The molecule has 2 aliphatic carbocycles. The van der Waals surface area contributed by atoms with Crippen LogP contribution in [0.1, 0.15) is 94.4 Å². The Morgan fingerprint density at radius 3 is 2.39 bits per heavy atom. The van der Waals surface area contributed by atoms with Crippen LogP contribution in [0, 0.1) is 22.7 Å². The van der Waals surface area contributed by atoms with Crippen LogP contribution < -0.4 is 0 Å². The van der Waals surface area contributed by atoms with Crippen molar-refractivity contribution in [3.63, 3.8) is 0 Å². The van der Waals surface area contributed by atoms with Crippen LogP contribution in [0.4, 0.5) is 0 Å². The van der Waals surface area contributed by atoms with Gasteiger partial charge in [0, 0.05) is 25.2 Å². The molecule has 0 aromatic heterocycles. The Morgan fingerprint density at radius 1 is 1.04 bits per heavy atom. The van der Waals surface area contributed by atoms with Gasteiger partial charge in [0.15, 0.2) is 0 Å². The molecule has 2 unspecified atom stereocenters. The molecule has 46 heavy (non-hydrogen) atoms. The quantitative estimate of drug-likeness (QED) is 0.112. The number of fused-ring (bicyclic) bond motifs is 1. The smallest absolute Gasteiger partial charge is 0.322 e. The Kier molecular flexibility index (Phi) is 10.3. The molecule has 0 spiro atoms. The molecule has 0 aromatic carbocycles. The molecule has 2 N–H and O–H groups in total. The lowest BCUT2D eigenvalue weighted by Gasteiger charge is -2.46. The van der Waals surface area contributed by atoms with Crippen LogP contribution in [0.15, 0.2) is 83.7 Å². The lowest BCUT2D eigenvalue weighted by atomic mass is 9.63. The summed E-state index contributed by atoms with van der Waals surface area (Å²) in [7, 11) is 0. The number of aliphatic hydroxyl groups excluding tert-OH is 1. The predicted molar refractivity (Wildman–Crippen MR) is 180 cm³/mol. The largest absolute Gasteiger partial charge is 0.462 e. The number of carbonyl (C=O) groups excluding carboxylic acids is 2. The summed E-state index contributed by atoms with van der Waals surface area (Å²) in [5, 5.41) is 21.4. The summed E-state index contributed by atoms with van der Waals surface area (Å²) in [5.41, 5.74) is -0.458. The van der Waals surface area contributed by atoms with E-state index in [1.807, 2.05) is 75.5 Å². The number of hydrogen-bond acceptors (Lipinski definition) is 7. The van der Waals surface area contributed by atoms with E-state index in [4.69, 9.17) is 14.2 Å². The van der Waals surface area contributed by atoms with E-state index >= 15 is 0 Å². The zero-order valence-corrected chi connectivity index (χ0v) is 29.1. The van der Waals surface area contributed by atoms with Crippen LogP contribution in [0.5, 0.6) is 0 Å². The highest BCUT2D eigenvalue weighted by atomic mass is 16.6. The fraction of sp³-hybridized carbons (Fsp3) is 0.590. The molecule has 1 saturated heterocycles. The zero-order valence-electron chi connectivity index (χ0n) is 29.1. The van der Waals surface area contributed by atoms with E-state index in [2.05, 4.69) is 46.8 Å². The maximum absolute atomic E-state index is 12.6. The number of esters is 2. The standard InChI is InChI=1S/C39H54O7/c1-26(16-17-33-35(4,5)24-32(44-28(3)40)25-37(33,8)43)14-12-10-11-13-15-27(2)20-31-21-29(34(42)45-31)18-19-39-36(6,7)22-30(41)23-38(39,9)46-39/h10-15,17-21,26,29-30,32,41,43H,16,22-25H2,1-9H3/b11-10+,14-12+,15-13+,19-18+,27-20+,33-17?/t26?,29?,30-,32-,37+,38+,39-/m0/s1. The maximum Gasteiger partial charge on any atom is 0.322 e. The van der Waals surface area contributed by atoms with Gasteiger partial charge >= 0.3 is 11.9 Å². The lowest BCUT2D eigenvalue weighted by molar-refractivity contribution is -0.152. The first kappa shape index (κ1) is 35.8. The minimum absolute atomic E-state index is 0.239. The SMILES string of the molecule is CC(=O)O[C@H]1CC(C)(C)C(=CCC(C)/C=C/C=C/C=C/C(C)=C/C2=CC(/C=C/[C@@]34O[C@]3(C)C[C@@H](O)CC4(C)C)C(=O)O2)[C@](C)(O)C1. The summed E-state index contributed by atoms with van der Waals surface area (Å²) >= 11 is 0. The second-order valence-electron chi connectivity index (χ2n) is 15.5. The van der Waals surface area contributed by atoms with Gasteiger partial charge in [-0.25, -0.2) is 0 Å². The van der Waals surface area contributed by atoms with Crippen LogP contribution in [-0.2, 0) is 23.8 Å². The van der Waals surface area contributed by atoms with E-state index < -0.39 is 22.7 Å². The Balaban J connectivity index is 1.28. The summed E-state index contributed by atoms with van der Waals surface area (Å²) in [4.78, 5) is 24.0. The van der Waals surface area contributed by atoms with Crippen LogP contribution >= 0.6 is 0 Å². The van der Waals surface area contributed by atoms with Gasteiger partial charge in [-0.1, -0.05) is 89.3 Å². The van der Waals surface area contributed by atoms with Crippen molar-refractivity contribution in [1.29, 1.82) is 0 Å². The van der Waals surface area contributed by atoms with Gasteiger partial charge in [0.2, 0.25) is 0 Å². The highest BCUT2D eigenvalue weighted by Crippen LogP contribution is 2.66. The second-order valence-corrected chi connectivity index (χ2v) is 15.5. The van der Waals surface area contributed by atoms with Gasteiger partial charge in [-0.15, -0.1) is 0 Å². The van der Waals surface area contributed by atoms with E-state index in [1.54, 1.807) is 0 Å². The van der Waals surface area contributed by atoms with Crippen LogP contribution in [0.3, 0.4) is 0 Å². The molecule has 2 heterocycles. The summed E-state index contributed by atoms with van der Waals surface area (Å²) in [6.07, 6.45) is 24.2. The fourth-order valence-corrected chi connectivity index (χ4v) is 8.08. The van der Waals surface area contributed by atoms with Crippen molar-refractivity contribution in [3.05, 3.63) is 83.7 Å². The molecule has 2 aliphatic heterocycles. The summed E-state index contributed by atoms with van der Waals surface area (Å²) in [5.74, 6) is -0.269. The molecule has 7 heteroatoms. The Hall–Kier alpha value is -3.00. The third kappa shape index (κ3) is 7.92. The fourth-order valence-electron chi connectivity index (χ4n) is 8.08. The van der Waals surface area contributed by atoms with E-state index in [0.717, 1.165) is 17.6 Å². The number of carbonyl (C=O) groups is 2. The zero-order chi connectivity index (χ0) is 34.1. The highest BCUT2D eigenvalue weighted by molar-refractivity contribution is 5.81. The Labute approximate surface area is 275 Å². The van der Waals surface area contributed by atoms with Gasteiger partial charge in [-0.3, -0.25) is 9.59 Å². The van der Waals surface area contributed by atoms with Crippen molar-refractivity contribution in [2.75, 3.05) is 0 Å². The Bertz CT molecular complexity index is 1380. The molecule has 0 aromatic rings.